The topological polar surface area (TPSA) is 47.9 Å². The zero-order chi connectivity index (χ0) is 11.2. The Kier molecular flexibility index (Phi) is 3.79. The molecule has 3 heteroatoms. The number of rotatable bonds is 4. The molecule has 0 unspecified atom stereocenters. The van der Waals surface area contributed by atoms with Crippen molar-refractivity contribution < 1.29 is 0 Å². The van der Waals surface area contributed by atoms with E-state index < -0.39 is 0 Å². The van der Waals surface area contributed by atoms with Gasteiger partial charge in [0.05, 0.1) is 11.3 Å². The van der Waals surface area contributed by atoms with E-state index in [1.807, 2.05) is 24.3 Å². The van der Waals surface area contributed by atoms with E-state index in [0.29, 0.717) is 6.04 Å². The van der Waals surface area contributed by atoms with Crippen LogP contribution < -0.4 is 10.6 Å². The summed E-state index contributed by atoms with van der Waals surface area (Å²) in [5, 5.41) is 15.7. The minimum Gasteiger partial charge on any atom is -0.384 e. The van der Waals surface area contributed by atoms with Crippen molar-refractivity contribution in [2.24, 2.45) is 0 Å². The number of hydrogen-bond acceptors (Lipinski definition) is 3. The van der Waals surface area contributed by atoms with Crippen molar-refractivity contribution in [3.63, 3.8) is 0 Å². The first-order chi connectivity index (χ1) is 7.90. The molecule has 1 aliphatic heterocycles. The Morgan fingerprint density at radius 1 is 1.44 bits per heavy atom. The SMILES string of the molecule is N#Cc1ccccc1NCC[C@H]1CCCN1. The maximum Gasteiger partial charge on any atom is 0.101 e. The van der Waals surface area contributed by atoms with Crippen molar-refractivity contribution in [1.29, 1.82) is 5.26 Å². The highest BCUT2D eigenvalue weighted by Gasteiger charge is 2.12. The number of hydrogen-bond donors (Lipinski definition) is 2. The summed E-state index contributed by atoms with van der Waals surface area (Å²) in [4.78, 5) is 0. The predicted molar refractivity (Wildman–Crippen MR) is 65.3 cm³/mol. The van der Waals surface area contributed by atoms with Crippen molar-refractivity contribution in [2.75, 3.05) is 18.4 Å². The maximum atomic E-state index is 8.93. The first-order valence-corrected chi connectivity index (χ1v) is 5.86. The molecule has 16 heavy (non-hydrogen) atoms. The third kappa shape index (κ3) is 2.74. The molecule has 0 aliphatic carbocycles. The predicted octanol–water partition coefficient (Wildman–Crippen LogP) is 2.11. The van der Waals surface area contributed by atoms with Gasteiger partial charge in [-0.05, 0) is 37.9 Å². The number of nitriles is 1. The number of nitrogens with one attached hydrogen (secondary N) is 2. The van der Waals surface area contributed by atoms with Crippen LogP contribution in [0.2, 0.25) is 0 Å². The van der Waals surface area contributed by atoms with Gasteiger partial charge in [-0.1, -0.05) is 12.1 Å². The Morgan fingerprint density at radius 2 is 2.31 bits per heavy atom. The van der Waals surface area contributed by atoms with Gasteiger partial charge in [0.1, 0.15) is 6.07 Å². The van der Waals surface area contributed by atoms with Gasteiger partial charge in [0, 0.05) is 12.6 Å². The second-order valence-corrected chi connectivity index (χ2v) is 4.17. The van der Waals surface area contributed by atoms with E-state index in [1.54, 1.807) is 0 Å². The van der Waals surface area contributed by atoms with Crippen LogP contribution in [-0.4, -0.2) is 19.1 Å². The van der Waals surface area contributed by atoms with Gasteiger partial charge in [-0.2, -0.15) is 5.26 Å². The van der Waals surface area contributed by atoms with Gasteiger partial charge in [0.2, 0.25) is 0 Å². The lowest BCUT2D eigenvalue weighted by molar-refractivity contribution is 0.574. The van der Waals surface area contributed by atoms with Crippen LogP contribution in [-0.2, 0) is 0 Å². The molecule has 0 spiro atoms. The Morgan fingerprint density at radius 3 is 3.06 bits per heavy atom. The lowest BCUT2D eigenvalue weighted by atomic mass is 10.1. The summed E-state index contributed by atoms with van der Waals surface area (Å²) in [6.07, 6.45) is 3.70. The van der Waals surface area contributed by atoms with Crippen LogP contribution in [0.25, 0.3) is 0 Å². The minimum atomic E-state index is 0.654. The summed E-state index contributed by atoms with van der Waals surface area (Å²) in [6, 6.07) is 10.5. The van der Waals surface area contributed by atoms with E-state index in [-0.39, 0.29) is 0 Å². The highest BCUT2D eigenvalue weighted by Crippen LogP contribution is 2.14. The largest absolute Gasteiger partial charge is 0.384 e. The van der Waals surface area contributed by atoms with Crippen LogP contribution >= 0.6 is 0 Å². The van der Waals surface area contributed by atoms with Gasteiger partial charge in [-0.3, -0.25) is 0 Å². The molecule has 1 aromatic rings. The van der Waals surface area contributed by atoms with Gasteiger partial charge < -0.3 is 10.6 Å². The van der Waals surface area contributed by atoms with Crippen molar-refractivity contribution in [3.8, 4) is 6.07 Å². The summed E-state index contributed by atoms with van der Waals surface area (Å²) in [6.45, 7) is 2.08. The van der Waals surface area contributed by atoms with Gasteiger partial charge in [-0.25, -0.2) is 0 Å². The number of nitrogens with zero attached hydrogens (tertiary/aromatic N) is 1. The third-order valence-corrected chi connectivity index (χ3v) is 3.02. The molecule has 2 N–H and O–H groups in total. The van der Waals surface area contributed by atoms with E-state index in [1.165, 1.54) is 12.8 Å². The van der Waals surface area contributed by atoms with Crippen molar-refractivity contribution in [2.45, 2.75) is 25.3 Å². The van der Waals surface area contributed by atoms with Crippen molar-refractivity contribution in [3.05, 3.63) is 29.8 Å². The molecule has 1 aromatic carbocycles. The van der Waals surface area contributed by atoms with Gasteiger partial charge >= 0.3 is 0 Å². The normalized spacial score (nSPS) is 19.3. The molecule has 1 aliphatic rings. The highest BCUT2D eigenvalue weighted by molar-refractivity contribution is 5.56. The average Bonchev–Trinajstić information content (AvgIpc) is 2.83. The smallest absolute Gasteiger partial charge is 0.101 e. The molecule has 0 saturated carbocycles. The quantitative estimate of drug-likeness (QED) is 0.808. The average molecular weight is 215 g/mol. The van der Waals surface area contributed by atoms with Gasteiger partial charge in [-0.15, -0.1) is 0 Å². The molecular weight excluding hydrogens is 198 g/mol. The molecule has 0 bridgehead atoms. The summed E-state index contributed by atoms with van der Waals surface area (Å²) in [7, 11) is 0. The number of para-hydroxylation sites is 1. The first-order valence-electron chi connectivity index (χ1n) is 5.86. The van der Waals surface area contributed by atoms with Crippen LogP contribution in [0, 0.1) is 11.3 Å². The maximum absolute atomic E-state index is 8.93. The zero-order valence-electron chi connectivity index (χ0n) is 9.37. The molecule has 0 radical (unpaired) electrons. The molecule has 1 fully saturated rings. The van der Waals surface area contributed by atoms with Crippen molar-refractivity contribution >= 4 is 5.69 Å². The minimum absolute atomic E-state index is 0.654. The molecule has 84 valence electrons. The van der Waals surface area contributed by atoms with Crippen LogP contribution in [0.4, 0.5) is 5.69 Å². The van der Waals surface area contributed by atoms with E-state index >= 15 is 0 Å². The second kappa shape index (κ2) is 5.53. The lowest BCUT2D eigenvalue weighted by Crippen LogP contribution is -2.24. The summed E-state index contributed by atoms with van der Waals surface area (Å²) >= 11 is 0. The Hall–Kier alpha value is -1.53. The van der Waals surface area contributed by atoms with Crippen LogP contribution in [0.5, 0.6) is 0 Å². The monoisotopic (exact) mass is 215 g/mol. The first kappa shape index (κ1) is 11.0. The molecule has 1 atom stereocenters. The van der Waals surface area contributed by atoms with E-state index in [9.17, 15) is 0 Å². The van der Waals surface area contributed by atoms with Crippen LogP contribution in [0.15, 0.2) is 24.3 Å². The van der Waals surface area contributed by atoms with E-state index in [2.05, 4.69) is 16.7 Å². The van der Waals surface area contributed by atoms with Crippen molar-refractivity contribution in [1.82, 2.24) is 5.32 Å². The van der Waals surface area contributed by atoms with Gasteiger partial charge in [0.15, 0.2) is 0 Å². The summed E-state index contributed by atoms with van der Waals surface area (Å²) in [5.74, 6) is 0. The fourth-order valence-corrected chi connectivity index (χ4v) is 2.12. The Labute approximate surface area is 96.5 Å². The fourth-order valence-electron chi connectivity index (χ4n) is 2.12. The molecule has 0 amide bonds. The van der Waals surface area contributed by atoms with Crippen LogP contribution in [0.3, 0.4) is 0 Å². The van der Waals surface area contributed by atoms with E-state index in [4.69, 9.17) is 5.26 Å². The van der Waals surface area contributed by atoms with Gasteiger partial charge in [0.25, 0.3) is 0 Å². The molecule has 0 aromatic heterocycles. The molecule has 1 heterocycles. The molecule has 3 nitrogen and oxygen atoms in total. The Bertz CT molecular complexity index is 375. The summed E-state index contributed by atoms with van der Waals surface area (Å²) < 4.78 is 0. The highest BCUT2D eigenvalue weighted by atomic mass is 14.9. The summed E-state index contributed by atoms with van der Waals surface area (Å²) in [5.41, 5.74) is 1.67. The lowest BCUT2D eigenvalue weighted by Gasteiger charge is -2.12. The molecule has 1 saturated heterocycles. The van der Waals surface area contributed by atoms with E-state index in [0.717, 1.165) is 30.8 Å². The number of anilines is 1. The number of benzene rings is 1. The third-order valence-electron chi connectivity index (χ3n) is 3.02. The molecule has 2 rings (SSSR count). The fraction of sp³-hybridized carbons (Fsp3) is 0.462. The Balaban J connectivity index is 1.82. The second-order valence-electron chi connectivity index (χ2n) is 4.17. The zero-order valence-corrected chi connectivity index (χ0v) is 9.37. The molecular formula is C13H17N3. The van der Waals surface area contributed by atoms with Crippen LogP contribution in [0.1, 0.15) is 24.8 Å². The standard InChI is InChI=1S/C13H17N3/c14-10-11-4-1-2-6-13(11)16-9-7-12-5-3-8-15-12/h1-2,4,6,12,15-16H,3,5,7-9H2/t12-/m1/s1.